The first-order valence-electron chi connectivity index (χ1n) is 4.77. The number of allylic oxidation sites excluding steroid dienone is 8. The Hall–Kier alpha value is -1.13. The molecule has 0 aliphatic heterocycles. The summed E-state index contributed by atoms with van der Waals surface area (Å²) in [5, 5.41) is 0. The maximum atomic E-state index is 4.00. The van der Waals surface area contributed by atoms with Crippen molar-refractivity contribution in [2.75, 3.05) is 6.26 Å². The summed E-state index contributed by atoms with van der Waals surface area (Å²) in [5.74, 6) is 0. The predicted molar refractivity (Wildman–Crippen MR) is 75.2 cm³/mol. The molecule has 0 fully saturated rings. The van der Waals surface area contributed by atoms with E-state index in [1.165, 1.54) is 11.1 Å². The molecule has 0 aromatic rings. The van der Waals surface area contributed by atoms with E-state index >= 15 is 0 Å². The second-order valence-corrected chi connectivity index (χ2v) is 2.76. The maximum Gasteiger partial charge on any atom is -0.00941 e. The van der Waals surface area contributed by atoms with Crippen molar-refractivity contribution in [1.29, 1.82) is 0 Å². The normalized spacial score (nSPS) is 16.1. The van der Waals surface area contributed by atoms with Gasteiger partial charge in [-0.2, -0.15) is 12.6 Å². The molecule has 1 aliphatic carbocycles. The molecule has 0 N–H and O–H groups in total. The third-order valence-electron chi connectivity index (χ3n) is 1.65. The molecule has 0 spiro atoms. The quantitative estimate of drug-likeness (QED) is 0.497. The molecular weight excluding hydrogens is 200 g/mol. The Bertz CT molecular complexity index is 275. The highest BCUT2D eigenvalue weighted by Crippen LogP contribution is 2.14. The zero-order valence-corrected chi connectivity index (χ0v) is 10.7. The first kappa shape index (κ1) is 16.3. The summed E-state index contributed by atoms with van der Waals surface area (Å²) in [6, 6.07) is 0. The number of terminal acetylenes is 1. The van der Waals surface area contributed by atoms with Gasteiger partial charge in [-0.05, 0) is 32.1 Å². The Kier molecular flexibility index (Phi) is 14.0. The lowest BCUT2D eigenvalue weighted by Crippen LogP contribution is -1.83. The van der Waals surface area contributed by atoms with Crippen LogP contribution in [0.5, 0.6) is 0 Å². The van der Waals surface area contributed by atoms with E-state index in [4.69, 9.17) is 0 Å². The molecule has 0 saturated carbocycles. The number of rotatable bonds is 1. The zero-order chi connectivity index (χ0) is 12.1. The first-order chi connectivity index (χ1) is 7.33. The van der Waals surface area contributed by atoms with E-state index in [9.17, 15) is 0 Å². The van der Waals surface area contributed by atoms with Crippen LogP contribution in [-0.2, 0) is 0 Å². The summed E-state index contributed by atoms with van der Waals surface area (Å²) in [5.41, 5.74) is 2.73. The first-order valence-corrected chi connectivity index (χ1v) is 5.67. The Labute approximate surface area is 99.9 Å². The van der Waals surface area contributed by atoms with Gasteiger partial charge in [0.1, 0.15) is 0 Å². The molecule has 15 heavy (non-hydrogen) atoms. The molecule has 0 radical (unpaired) electrons. The van der Waals surface area contributed by atoms with Gasteiger partial charge in [0.05, 0.1) is 0 Å². The van der Waals surface area contributed by atoms with Crippen molar-refractivity contribution < 1.29 is 0 Å². The van der Waals surface area contributed by atoms with Gasteiger partial charge >= 0.3 is 0 Å². The van der Waals surface area contributed by atoms with Gasteiger partial charge in [-0.1, -0.05) is 42.0 Å². The summed E-state index contributed by atoms with van der Waals surface area (Å²) in [4.78, 5) is 0. The molecule has 0 nitrogen and oxygen atoms in total. The van der Waals surface area contributed by atoms with Gasteiger partial charge in [0.15, 0.2) is 0 Å². The highest BCUT2D eigenvalue weighted by molar-refractivity contribution is 7.79. The highest BCUT2D eigenvalue weighted by atomic mass is 32.1. The van der Waals surface area contributed by atoms with Crippen molar-refractivity contribution in [3.63, 3.8) is 0 Å². The largest absolute Gasteiger partial charge is 0.183 e. The molecule has 0 amide bonds. The summed E-state index contributed by atoms with van der Waals surface area (Å²) in [7, 11) is 0. The smallest absolute Gasteiger partial charge is 0.00941 e. The SMILES string of the molecule is C#C.C/C=C\C=C1\C=C(C)C=CC1.CS. The molecule has 0 bridgehead atoms. The molecule has 0 aromatic heterocycles. The van der Waals surface area contributed by atoms with Crippen LogP contribution >= 0.6 is 12.6 Å². The van der Waals surface area contributed by atoms with E-state index in [-0.39, 0.29) is 0 Å². The lowest BCUT2D eigenvalue weighted by Gasteiger charge is -2.03. The van der Waals surface area contributed by atoms with E-state index in [0.29, 0.717) is 0 Å². The van der Waals surface area contributed by atoms with Crippen LogP contribution in [0.3, 0.4) is 0 Å². The number of hydrogen-bond acceptors (Lipinski definition) is 1. The van der Waals surface area contributed by atoms with Gasteiger partial charge < -0.3 is 0 Å². The van der Waals surface area contributed by atoms with Crippen LogP contribution in [0.4, 0.5) is 0 Å². The molecule has 82 valence electrons. The Balaban J connectivity index is 0. The highest BCUT2D eigenvalue weighted by Gasteiger charge is 1.94. The second-order valence-electron chi connectivity index (χ2n) is 2.76. The average Bonchev–Trinajstić information content (AvgIpc) is 2.32. The van der Waals surface area contributed by atoms with E-state index in [1.54, 1.807) is 6.26 Å². The minimum Gasteiger partial charge on any atom is -0.183 e. The molecule has 0 heterocycles. The average molecular weight is 220 g/mol. The lowest BCUT2D eigenvalue weighted by molar-refractivity contribution is 1.22. The molecule has 0 atom stereocenters. The van der Waals surface area contributed by atoms with Crippen LogP contribution in [0.25, 0.3) is 0 Å². The van der Waals surface area contributed by atoms with Crippen LogP contribution in [0, 0.1) is 12.8 Å². The third-order valence-corrected chi connectivity index (χ3v) is 1.65. The molecule has 0 aromatic carbocycles. The summed E-state index contributed by atoms with van der Waals surface area (Å²) in [6.45, 7) is 4.16. The third kappa shape index (κ3) is 9.18. The minimum absolute atomic E-state index is 1.07. The fourth-order valence-corrected chi connectivity index (χ4v) is 1.12. The molecular formula is C14H20S. The van der Waals surface area contributed by atoms with Gasteiger partial charge in [-0.25, -0.2) is 0 Å². The molecule has 0 unspecified atom stereocenters. The van der Waals surface area contributed by atoms with Crippen LogP contribution in [0.1, 0.15) is 20.3 Å². The van der Waals surface area contributed by atoms with Crippen molar-refractivity contribution in [2.45, 2.75) is 20.3 Å². The Morgan fingerprint density at radius 3 is 2.40 bits per heavy atom. The molecule has 0 saturated heterocycles. The minimum atomic E-state index is 1.07. The van der Waals surface area contributed by atoms with Crippen LogP contribution in [0.15, 0.2) is 47.6 Å². The second kappa shape index (κ2) is 12.9. The van der Waals surface area contributed by atoms with Crippen molar-refractivity contribution in [3.8, 4) is 12.8 Å². The van der Waals surface area contributed by atoms with Gasteiger partial charge in [0.25, 0.3) is 0 Å². The van der Waals surface area contributed by atoms with Crippen molar-refractivity contribution in [1.82, 2.24) is 0 Å². The summed E-state index contributed by atoms with van der Waals surface area (Å²) in [6.07, 6.45) is 23.6. The van der Waals surface area contributed by atoms with Gasteiger partial charge in [0.2, 0.25) is 0 Å². The Morgan fingerprint density at radius 1 is 1.33 bits per heavy atom. The fourth-order valence-electron chi connectivity index (χ4n) is 1.12. The van der Waals surface area contributed by atoms with Crippen LogP contribution in [-0.4, -0.2) is 6.26 Å². The van der Waals surface area contributed by atoms with E-state index in [0.717, 1.165) is 6.42 Å². The molecule has 1 rings (SSSR count). The summed E-state index contributed by atoms with van der Waals surface area (Å²) >= 11 is 3.53. The zero-order valence-electron chi connectivity index (χ0n) is 9.77. The van der Waals surface area contributed by atoms with Crippen LogP contribution in [0.2, 0.25) is 0 Å². The van der Waals surface area contributed by atoms with Crippen molar-refractivity contribution in [3.05, 3.63) is 47.6 Å². The standard InChI is InChI=1S/C11H14.C2H2.CH4S/c1-3-4-7-11-8-5-6-10(2)9-11;2*1-2/h3-7,9H,8H2,1-2H3;1-2H;2H,1H3/b4-3-,11-7+;;. The van der Waals surface area contributed by atoms with Crippen molar-refractivity contribution in [2.24, 2.45) is 0 Å². The van der Waals surface area contributed by atoms with E-state index in [1.807, 2.05) is 6.92 Å². The fraction of sp³-hybridized carbons (Fsp3) is 0.286. The van der Waals surface area contributed by atoms with E-state index in [2.05, 4.69) is 68.9 Å². The number of thiol groups is 1. The van der Waals surface area contributed by atoms with E-state index < -0.39 is 0 Å². The topological polar surface area (TPSA) is 0 Å². The monoisotopic (exact) mass is 220 g/mol. The van der Waals surface area contributed by atoms with Gasteiger partial charge in [0, 0.05) is 0 Å². The van der Waals surface area contributed by atoms with Gasteiger partial charge in [-0.15, -0.1) is 12.8 Å². The van der Waals surface area contributed by atoms with Gasteiger partial charge in [-0.3, -0.25) is 0 Å². The number of hydrogen-bond donors (Lipinski definition) is 1. The summed E-state index contributed by atoms with van der Waals surface area (Å²) < 4.78 is 0. The molecule has 1 aliphatic rings. The van der Waals surface area contributed by atoms with Crippen LogP contribution < -0.4 is 0 Å². The predicted octanol–water partition coefficient (Wildman–Crippen LogP) is 4.19. The lowest BCUT2D eigenvalue weighted by atomic mass is 10.0. The maximum absolute atomic E-state index is 4.00. The Morgan fingerprint density at radius 2 is 1.93 bits per heavy atom. The van der Waals surface area contributed by atoms with Crippen molar-refractivity contribution >= 4 is 12.6 Å². The molecule has 1 heteroatoms.